The monoisotopic (exact) mass is 288 g/mol. The molecule has 1 unspecified atom stereocenters. The standard InChI is InChI=1S/C13H11Cl2FS/c1-2-9-4-6-12(17-9)13(15)10-5-3-8(16)7-11(10)14/h3-7,13H,2H2,1H3. The van der Waals surface area contributed by atoms with E-state index in [0.29, 0.717) is 5.02 Å². The van der Waals surface area contributed by atoms with E-state index in [0.717, 1.165) is 16.9 Å². The predicted molar refractivity (Wildman–Crippen MR) is 72.8 cm³/mol. The average Bonchev–Trinajstić information content (AvgIpc) is 2.76. The number of hydrogen-bond acceptors (Lipinski definition) is 1. The van der Waals surface area contributed by atoms with Crippen LogP contribution in [0.15, 0.2) is 30.3 Å². The summed E-state index contributed by atoms with van der Waals surface area (Å²) in [5.41, 5.74) is 0.749. The minimum absolute atomic E-state index is 0.312. The number of thiophene rings is 1. The lowest BCUT2D eigenvalue weighted by Crippen LogP contribution is -1.92. The predicted octanol–water partition coefficient (Wildman–Crippen LogP) is 5.43. The number of hydrogen-bond donors (Lipinski definition) is 0. The quantitative estimate of drug-likeness (QED) is 0.661. The molecule has 0 aliphatic rings. The Morgan fingerprint density at radius 2 is 2.06 bits per heavy atom. The molecule has 0 bridgehead atoms. The van der Waals surface area contributed by atoms with Gasteiger partial charge < -0.3 is 0 Å². The lowest BCUT2D eigenvalue weighted by Gasteiger charge is -2.09. The summed E-state index contributed by atoms with van der Waals surface area (Å²) in [6.07, 6.45) is 0.991. The van der Waals surface area contributed by atoms with Crippen molar-refractivity contribution in [2.24, 2.45) is 0 Å². The normalized spacial score (nSPS) is 12.7. The van der Waals surface area contributed by atoms with E-state index in [9.17, 15) is 4.39 Å². The van der Waals surface area contributed by atoms with E-state index < -0.39 is 0 Å². The Kier molecular flexibility index (Phi) is 4.08. The molecule has 17 heavy (non-hydrogen) atoms. The van der Waals surface area contributed by atoms with Crippen molar-refractivity contribution in [2.45, 2.75) is 18.7 Å². The first kappa shape index (κ1) is 12.9. The van der Waals surface area contributed by atoms with Crippen LogP contribution in [-0.4, -0.2) is 0 Å². The highest BCUT2D eigenvalue weighted by Gasteiger charge is 2.16. The van der Waals surface area contributed by atoms with Crippen LogP contribution in [0.3, 0.4) is 0 Å². The Balaban J connectivity index is 2.33. The molecule has 2 rings (SSSR count). The van der Waals surface area contributed by atoms with Crippen LogP contribution in [0, 0.1) is 5.82 Å². The van der Waals surface area contributed by atoms with Crippen LogP contribution in [0.4, 0.5) is 4.39 Å². The summed E-state index contributed by atoms with van der Waals surface area (Å²) in [5, 5.41) is 0.0600. The van der Waals surface area contributed by atoms with E-state index in [1.54, 1.807) is 17.4 Å². The van der Waals surface area contributed by atoms with Gasteiger partial charge >= 0.3 is 0 Å². The second-order valence-electron chi connectivity index (χ2n) is 3.69. The van der Waals surface area contributed by atoms with Gasteiger partial charge in [0.1, 0.15) is 5.82 Å². The second-order valence-corrected chi connectivity index (χ2v) is 5.73. The zero-order valence-corrected chi connectivity index (χ0v) is 11.5. The van der Waals surface area contributed by atoms with Crippen molar-refractivity contribution in [3.8, 4) is 0 Å². The summed E-state index contributed by atoms with van der Waals surface area (Å²) in [6.45, 7) is 2.10. The van der Waals surface area contributed by atoms with Crippen molar-refractivity contribution in [3.05, 3.63) is 56.5 Å². The fourth-order valence-electron chi connectivity index (χ4n) is 1.58. The summed E-state index contributed by atoms with van der Waals surface area (Å²) in [6, 6.07) is 8.37. The highest BCUT2D eigenvalue weighted by molar-refractivity contribution is 7.12. The molecule has 90 valence electrons. The topological polar surface area (TPSA) is 0 Å². The van der Waals surface area contributed by atoms with Gasteiger partial charge in [-0.15, -0.1) is 22.9 Å². The summed E-state index contributed by atoms with van der Waals surface area (Å²) < 4.78 is 12.9. The number of halogens is 3. The Bertz CT molecular complexity index is 522. The Labute approximate surface area is 114 Å². The minimum Gasteiger partial charge on any atom is -0.207 e. The van der Waals surface area contributed by atoms with E-state index in [1.807, 2.05) is 6.07 Å². The molecule has 0 saturated carbocycles. The largest absolute Gasteiger partial charge is 0.207 e. The molecule has 0 amide bonds. The van der Waals surface area contributed by atoms with Gasteiger partial charge in [-0.2, -0.15) is 0 Å². The van der Waals surface area contributed by atoms with Gasteiger partial charge in [0.25, 0.3) is 0 Å². The van der Waals surface area contributed by atoms with Crippen LogP contribution in [0.1, 0.15) is 27.6 Å². The maximum Gasteiger partial charge on any atom is 0.124 e. The molecular weight excluding hydrogens is 278 g/mol. The van der Waals surface area contributed by atoms with Crippen molar-refractivity contribution in [2.75, 3.05) is 0 Å². The fraction of sp³-hybridized carbons (Fsp3) is 0.231. The van der Waals surface area contributed by atoms with Crippen molar-refractivity contribution >= 4 is 34.5 Å². The molecule has 2 aromatic rings. The maximum atomic E-state index is 12.9. The fourth-order valence-corrected chi connectivity index (χ4v) is 3.26. The lowest BCUT2D eigenvalue weighted by atomic mass is 10.1. The zero-order chi connectivity index (χ0) is 12.4. The molecular formula is C13H11Cl2FS. The van der Waals surface area contributed by atoms with Crippen molar-refractivity contribution in [3.63, 3.8) is 0 Å². The van der Waals surface area contributed by atoms with Gasteiger partial charge in [-0.25, -0.2) is 4.39 Å². The minimum atomic E-state index is -0.344. The summed E-state index contributed by atoms with van der Waals surface area (Å²) in [7, 11) is 0. The van der Waals surface area contributed by atoms with Gasteiger partial charge in [-0.3, -0.25) is 0 Å². The average molecular weight is 289 g/mol. The molecule has 1 aromatic carbocycles. The third kappa shape index (κ3) is 2.82. The molecule has 0 radical (unpaired) electrons. The van der Waals surface area contributed by atoms with Crippen molar-refractivity contribution in [1.82, 2.24) is 0 Å². The molecule has 1 heterocycles. The van der Waals surface area contributed by atoms with Gasteiger partial charge in [0.05, 0.1) is 5.38 Å². The van der Waals surface area contributed by atoms with Gasteiger partial charge in [0.15, 0.2) is 0 Å². The first-order chi connectivity index (χ1) is 8.11. The van der Waals surface area contributed by atoms with Crippen LogP contribution in [0.25, 0.3) is 0 Å². The van der Waals surface area contributed by atoms with Gasteiger partial charge in [-0.05, 0) is 36.2 Å². The van der Waals surface area contributed by atoms with E-state index in [-0.39, 0.29) is 11.2 Å². The highest BCUT2D eigenvalue weighted by atomic mass is 35.5. The van der Waals surface area contributed by atoms with E-state index in [2.05, 4.69) is 13.0 Å². The van der Waals surface area contributed by atoms with Gasteiger partial charge in [-0.1, -0.05) is 24.6 Å². The molecule has 4 heteroatoms. The molecule has 0 saturated heterocycles. The molecule has 0 N–H and O–H groups in total. The summed E-state index contributed by atoms with van der Waals surface area (Å²) in [4.78, 5) is 2.32. The third-order valence-corrected chi connectivity index (χ3v) is 4.74. The summed E-state index contributed by atoms with van der Waals surface area (Å²) in [5.74, 6) is -0.344. The molecule has 0 spiro atoms. The van der Waals surface area contributed by atoms with Crippen LogP contribution >= 0.6 is 34.5 Å². The Morgan fingerprint density at radius 1 is 1.29 bits per heavy atom. The molecule has 1 atom stereocenters. The number of benzene rings is 1. The van der Waals surface area contributed by atoms with Gasteiger partial charge in [0, 0.05) is 14.8 Å². The Morgan fingerprint density at radius 3 is 2.65 bits per heavy atom. The summed E-state index contributed by atoms with van der Waals surface area (Å²) >= 11 is 14.0. The molecule has 0 aliphatic heterocycles. The van der Waals surface area contributed by atoms with E-state index in [4.69, 9.17) is 23.2 Å². The molecule has 1 aromatic heterocycles. The maximum absolute atomic E-state index is 12.9. The van der Waals surface area contributed by atoms with E-state index >= 15 is 0 Å². The van der Waals surface area contributed by atoms with E-state index in [1.165, 1.54) is 17.0 Å². The smallest absolute Gasteiger partial charge is 0.124 e. The first-order valence-corrected chi connectivity index (χ1v) is 6.92. The second kappa shape index (κ2) is 5.38. The van der Waals surface area contributed by atoms with Gasteiger partial charge in [0.2, 0.25) is 0 Å². The van der Waals surface area contributed by atoms with Crippen LogP contribution < -0.4 is 0 Å². The first-order valence-electron chi connectivity index (χ1n) is 5.29. The highest BCUT2D eigenvalue weighted by Crippen LogP contribution is 2.37. The molecule has 0 fully saturated rings. The third-order valence-electron chi connectivity index (χ3n) is 2.52. The molecule has 0 aliphatic carbocycles. The van der Waals surface area contributed by atoms with Crippen LogP contribution in [0.2, 0.25) is 5.02 Å². The number of alkyl halides is 1. The molecule has 0 nitrogen and oxygen atoms in total. The van der Waals surface area contributed by atoms with Crippen LogP contribution in [0.5, 0.6) is 0 Å². The number of rotatable bonds is 3. The van der Waals surface area contributed by atoms with Crippen molar-refractivity contribution in [1.29, 1.82) is 0 Å². The van der Waals surface area contributed by atoms with Crippen molar-refractivity contribution < 1.29 is 4.39 Å². The Hall–Kier alpha value is -0.570. The lowest BCUT2D eigenvalue weighted by molar-refractivity contribution is 0.627. The SMILES string of the molecule is CCc1ccc(C(Cl)c2ccc(F)cc2Cl)s1. The number of aryl methyl sites for hydroxylation is 1. The zero-order valence-electron chi connectivity index (χ0n) is 9.21. The van der Waals surface area contributed by atoms with Crippen LogP contribution in [-0.2, 0) is 6.42 Å².